The molecular formula is C40H60N6O7S2. The van der Waals surface area contributed by atoms with E-state index < -0.39 is 58.3 Å². The van der Waals surface area contributed by atoms with Gasteiger partial charge in [-0.2, -0.15) is 0 Å². The summed E-state index contributed by atoms with van der Waals surface area (Å²) in [6, 6.07) is 4.88. The Hall–Kier alpha value is -3.59. The van der Waals surface area contributed by atoms with Gasteiger partial charge in [0.2, 0.25) is 35.3 Å². The molecule has 0 aromatic heterocycles. The molecule has 1 aromatic rings. The number of carbonyl (C=O) groups is 7. The van der Waals surface area contributed by atoms with Crippen LogP contribution in [-0.2, 0) is 33.6 Å². The summed E-state index contributed by atoms with van der Waals surface area (Å²) in [4.78, 5) is 97.5. The highest BCUT2D eigenvalue weighted by atomic mass is 32.2. The maximum absolute atomic E-state index is 14.6. The van der Waals surface area contributed by atoms with Crippen LogP contribution < -0.4 is 21.3 Å². The van der Waals surface area contributed by atoms with Crippen molar-refractivity contribution >= 4 is 64.8 Å². The molecular weight excluding hydrogens is 741 g/mol. The summed E-state index contributed by atoms with van der Waals surface area (Å²) >= 11 is 3.50. The first-order valence-corrected chi connectivity index (χ1v) is 21.8. The van der Waals surface area contributed by atoms with Crippen LogP contribution in [0.1, 0.15) is 103 Å². The number of benzene rings is 1. The summed E-state index contributed by atoms with van der Waals surface area (Å²) in [5, 5.41) is 10.9. The second kappa shape index (κ2) is 21.1. The molecule has 2 aliphatic heterocycles. The van der Waals surface area contributed by atoms with Gasteiger partial charge in [-0.05, 0) is 61.0 Å². The van der Waals surface area contributed by atoms with Gasteiger partial charge in [-0.3, -0.25) is 33.6 Å². The third-order valence-electron chi connectivity index (χ3n) is 10.5. The molecule has 2 saturated heterocycles. The van der Waals surface area contributed by atoms with E-state index in [1.54, 1.807) is 72.9 Å². The molecule has 3 fully saturated rings. The van der Waals surface area contributed by atoms with Crippen molar-refractivity contribution in [3.8, 4) is 0 Å². The third-order valence-corrected chi connectivity index (χ3v) is 13.9. The molecule has 304 valence electrons. The average molecular weight is 801 g/mol. The SMILES string of the molecule is CCCC(NC(=O)[C@@H]1CC2(CN1C(=O)C(NC(=O)CCC(C)C)C1CCCCC1)SCCCS2)C(=O)C(=O)NCC(=O)NC(C(=O)N(C)C)c1ccccc1. The summed E-state index contributed by atoms with van der Waals surface area (Å²) in [5.41, 5.74) is 0.562. The van der Waals surface area contributed by atoms with Gasteiger partial charge in [0.15, 0.2) is 0 Å². The van der Waals surface area contributed by atoms with Crippen molar-refractivity contribution < 1.29 is 33.6 Å². The first kappa shape index (κ1) is 44.1. The molecule has 4 atom stereocenters. The Labute approximate surface area is 334 Å². The van der Waals surface area contributed by atoms with Crippen LogP contribution in [0.3, 0.4) is 0 Å². The van der Waals surface area contributed by atoms with Crippen LogP contribution in [0.2, 0.25) is 0 Å². The Kier molecular flexibility index (Phi) is 16.9. The molecule has 4 N–H and O–H groups in total. The van der Waals surface area contributed by atoms with Gasteiger partial charge in [0.1, 0.15) is 18.1 Å². The van der Waals surface area contributed by atoms with E-state index in [0.29, 0.717) is 43.7 Å². The molecule has 13 nitrogen and oxygen atoms in total. The fourth-order valence-electron chi connectivity index (χ4n) is 7.46. The van der Waals surface area contributed by atoms with Gasteiger partial charge in [-0.15, -0.1) is 23.5 Å². The molecule has 3 aliphatic rings. The number of hydrogen-bond acceptors (Lipinski definition) is 9. The lowest BCUT2D eigenvalue weighted by Gasteiger charge is -2.35. The molecule has 1 aromatic carbocycles. The van der Waals surface area contributed by atoms with Crippen LogP contribution in [0, 0.1) is 11.8 Å². The van der Waals surface area contributed by atoms with Crippen LogP contribution in [0.25, 0.3) is 0 Å². The van der Waals surface area contributed by atoms with Crippen LogP contribution in [0.15, 0.2) is 30.3 Å². The second-order valence-electron chi connectivity index (χ2n) is 15.6. The van der Waals surface area contributed by atoms with Crippen molar-refractivity contribution in [2.75, 3.05) is 38.7 Å². The number of carbonyl (C=O) groups excluding carboxylic acids is 7. The lowest BCUT2D eigenvalue weighted by Crippen LogP contribution is -2.58. The fraction of sp³-hybridized carbons (Fsp3) is 0.675. The average Bonchev–Trinajstić information content (AvgIpc) is 3.55. The molecule has 1 saturated carbocycles. The van der Waals surface area contributed by atoms with E-state index in [9.17, 15) is 33.6 Å². The maximum atomic E-state index is 14.6. The molecule has 4 rings (SSSR count). The molecule has 55 heavy (non-hydrogen) atoms. The summed E-state index contributed by atoms with van der Waals surface area (Å²) in [6.07, 6.45) is 7.75. The highest BCUT2D eigenvalue weighted by molar-refractivity contribution is 8.18. The Morgan fingerprint density at radius 3 is 2.16 bits per heavy atom. The van der Waals surface area contributed by atoms with Crippen LogP contribution >= 0.6 is 23.5 Å². The topological polar surface area (TPSA) is 174 Å². The summed E-state index contributed by atoms with van der Waals surface area (Å²) < 4.78 is -0.394. The van der Waals surface area contributed by atoms with Crippen molar-refractivity contribution in [2.45, 2.75) is 120 Å². The van der Waals surface area contributed by atoms with E-state index in [4.69, 9.17) is 0 Å². The summed E-state index contributed by atoms with van der Waals surface area (Å²) in [7, 11) is 3.14. The zero-order valence-corrected chi connectivity index (χ0v) is 34.7. The minimum Gasteiger partial charge on any atom is -0.347 e. The number of rotatable bonds is 17. The number of nitrogens with one attached hydrogen (secondary N) is 4. The van der Waals surface area contributed by atoms with Gasteiger partial charge < -0.3 is 31.1 Å². The molecule has 0 bridgehead atoms. The van der Waals surface area contributed by atoms with E-state index in [1.807, 2.05) is 6.92 Å². The number of likely N-dealkylation sites (tertiary alicyclic amines) is 1. The molecule has 6 amide bonds. The van der Waals surface area contributed by atoms with Crippen molar-refractivity contribution in [3.05, 3.63) is 35.9 Å². The molecule has 0 radical (unpaired) electrons. The number of Topliss-reactive ketones (excluding diaryl/α,β-unsaturated/α-hetero) is 1. The lowest BCUT2D eigenvalue weighted by molar-refractivity contribution is -0.144. The molecule has 3 unspecified atom stereocenters. The lowest BCUT2D eigenvalue weighted by atomic mass is 9.83. The quantitative estimate of drug-likeness (QED) is 0.172. The highest BCUT2D eigenvalue weighted by Crippen LogP contribution is 2.50. The normalized spacial score (nSPS) is 19.9. The zero-order valence-electron chi connectivity index (χ0n) is 33.0. The van der Waals surface area contributed by atoms with E-state index in [-0.39, 0.29) is 30.1 Å². The zero-order chi connectivity index (χ0) is 40.1. The highest BCUT2D eigenvalue weighted by Gasteiger charge is 2.52. The van der Waals surface area contributed by atoms with E-state index in [2.05, 4.69) is 35.1 Å². The first-order valence-electron chi connectivity index (χ1n) is 19.8. The second-order valence-corrected chi connectivity index (χ2v) is 18.8. The summed E-state index contributed by atoms with van der Waals surface area (Å²) in [6.45, 7) is 5.72. The number of nitrogens with zero attached hydrogens (tertiary/aromatic N) is 2. The number of likely N-dealkylation sites (N-methyl/N-ethyl adjacent to an activating group) is 1. The number of hydrogen-bond donors (Lipinski definition) is 4. The molecule has 1 spiro atoms. The molecule has 15 heteroatoms. The Morgan fingerprint density at radius 1 is 0.873 bits per heavy atom. The summed E-state index contributed by atoms with van der Waals surface area (Å²) in [5.74, 6) is -1.81. The minimum atomic E-state index is -1.18. The molecule has 2 heterocycles. The first-order chi connectivity index (χ1) is 26.2. The predicted molar refractivity (Wildman–Crippen MR) is 216 cm³/mol. The Morgan fingerprint density at radius 2 is 1.55 bits per heavy atom. The molecule has 1 aliphatic carbocycles. The van der Waals surface area contributed by atoms with Crippen LogP contribution in [0.5, 0.6) is 0 Å². The monoisotopic (exact) mass is 800 g/mol. The number of ketones is 1. The largest absolute Gasteiger partial charge is 0.347 e. The van der Waals surface area contributed by atoms with Gasteiger partial charge in [-0.25, -0.2) is 0 Å². The van der Waals surface area contributed by atoms with Gasteiger partial charge in [0.25, 0.3) is 5.91 Å². The Balaban J connectivity index is 1.47. The van der Waals surface area contributed by atoms with Crippen molar-refractivity contribution in [1.29, 1.82) is 0 Å². The van der Waals surface area contributed by atoms with Crippen molar-refractivity contribution in [2.24, 2.45) is 11.8 Å². The standard InChI is InChI=1S/C40H60N6O7S2/c1-6-14-29(35(49)37(51)41-24-32(48)44-33(38(52)45(4)5)27-15-9-7-10-16-27)42-36(50)30-23-40(54-21-13-22-55-40)25-46(30)39(53)34(28-17-11-8-12-18-28)43-31(47)20-19-26(2)3/h7,9-10,15-16,26,28-30,33-34H,6,8,11-14,17-25H2,1-5H3,(H,41,51)(H,42,50)(H,43,47)(H,44,48)/t29?,30-,33?,34?/m0/s1. The van der Waals surface area contributed by atoms with Crippen molar-refractivity contribution in [3.63, 3.8) is 0 Å². The van der Waals surface area contributed by atoms with E-state index >= 15 is 0 Å². The van der Waals surface area contributed by atoms with Gasteiger partial charge in [0, 0.05) is 33.5 Å². The number of thioether (sulfide) groups is 2. The maximum Gasteiger partial charge on any atom is 0.290 e. The smallest absolute Gasteiger partial charge is 0.290 e. The van der Waals surface area contributed by atoms with E-state index in [1.165, 1.54) is 4.90 Å². The fourth-order valence-corrected chi connectivity index (χ4v) is 10.8. The number of amides is 6. The van der Waals surface area contributed by atoms with Crippen LogP contribution in [-0.4, -0.2) is 112 Å². The predicted octanol–water partition coefficient (Wildman–Crippen LogP) is 3.57. The minimum absolute atomic E-state index is 0.0320. The Bertz CT molecular complexity index is 1510. The van der Waals surface area contributed by atoms with Gasteiger partial charge in [-0.1, -0.05) is 76.8 Å². The third kappa shape index (κ3) is 12.5. The van der Waals surface area contributed by atoms with Gasteiger partial charge in [0.05, 0.1) is 16.7 Å². The van der Waals surface area contributed by atoms with Crippen molar-refractivity contribution in [1.82, 2.24) is 31.1 Å². The van der Waals surface area contributed by atoms with Gasteiger partial charge >= 0.3 is 0 Å². The van der Waals surface area contributed by atoms with E-state index in [0.717, 1.165) is 50.0 Å². The van der Waals surface area contributed by atoms with Crippen LogP contribution in [0.4, 0.5) is 0 Å².